The summed E-state index contributed by atoms with van der Waals surface area (Å²) in [5, 5.41) is 2.90. The molecule has 0 atom stereocenters. The van der Waals surface area contributed by atoms with Gasteiger partial charge in [-0.15, -0.1) is 12.4 Å². The molecule has 1 aliphatic heterocycles. The second-order valence-corrected chi connectivity index (χ2v) is 5.44. The lowest BCUT2D eigenvalue weighted by molar-refractivity contribution is -0.129. The van der Waals surface area contributed by atoms with Crippen molar-refractivity contribution in [3.05, 3.63) is 29.8 Å². The molecule has 130 valence electrons. The number of rotatable bonds is 7. The highest BCUT2D eigenvalue weighted by atomic mass is 35.5. The SMILES string of the molecule is COCCOc1cccc(CNC(=O)C2(N)CCOCC2)c1.Cl. The van der Waals surface area contributed by atoms with Crippen molar-refractivity contribution in [1.29, 1.82) is 0 Å². The summed E-state index contributed by atoms with van der Waals surface area (Å²) >= 11 is 0. The van der Waals surface area contributed by atoms with Gasteiger partial charge >= 0.3 is 0 Å². The van der Waals surface area contributed by atoms with Gasteiger partial charge in [-0.3, -0.25) is 4.79 Å². The average molecular weight is 345 g/mol. The average Bonchev–Trinajstić information content (AvgIpc) is 2.54. The lowest BCUT2D eigenvalue weighted by Gasteiger charge is -2.31. The van der Waals surface area contributed by atoms with Crippen LogP contribution in [0, 0.1) is 0 Å². The third-order valence-corrected chi connectivity index (χ3v) is 3.74. The zero-order valence-electron chi connectivity index (χ0n) is 13.4. The quantitative estimate of drug-likeness (QED) is 0.728. The molecule has 6 nitrogen and oxygen atoms in total. The molecule has 1 saturated heterocycles. The highest BCUT2D eigenvalue weighted by Gasteiger charge is 2.35. The van der Waals surface area contributed by atoms with Crippen LogP contribution in [0.2, 0.25) is 0 Å². The molecule has 7 heteroatoms. The van der Waals surface area contributed by atoms with Gasteiger partial charge < -0.3 is 25.3 Å². The van der Waals surface area contributed by atoms with E-state index >= 15 is 0 Å². The molecule has 0 bridgehead atoms. The molecule has 1 amide bonds. The third kappa shape index (κ3) is 5.99. The fourth-order valence-corrected chi connectivity index (χ4v) is 2.31. The van der Waals surface area contributed by atoms with Crippen LogP contribution in [0.3, 0.4) is 0 Å². The number of hydrogen-bond donors (Lipinski definition) is 2. The summed E-state index contributed by atoms with van der Waals surface area (Å²) in [6.45, 7) is 2.54. The smallest absolute Gasteiger partial charge is 0.240 e. The lowest BCUT2D eigenvalue weighted by atomic mass is 9.90. The minimum absolute atomic E-state index is 0. The molecule has 1 aliphatic rings. The van der Waals surface area contributed by atoms with E-state index in [1.807, 2.05) is 24.3 Å². The minimum atomic E-state index is -0.815. The molecule has 0 aromatic heterocycles. The van der Waals surface area contributed by atoms with Gasteiger partial charge in [-0.1, -0.05) is 12.1 Å². The zero-order valence-corrected chi connectivity index (χ0v) is 14.2. The Morgan fingerprint density at radius 2 is 2.09 bits per heavy atom. The van der Waals surface area contributed by atoms with E-state index in [2.05, 4.69) is 5.32 Å². The predicted octanol–water partition coefficient (Wildman–Crippen LogP) is 1.26. The maximum Gasteiger partial charge on any atom is 0.240 e. The second kappa shape index (κ2) is 9.72. The van der Waals surface area contributed by atoms with Gasteiger partial charge in [-0.2, -0.15) is 0 Å². The number of halogens is 1. The van der Waals surface area contributed by atoms with Crippen molar-refractivity contribution in [1.82, 2.24) is 5.32 Å². The molecule has 1 fully saturated rings. The Kier molecular flexibility index (Phi) is 8.33. The summed E-state index contributed by atoms with van der Waals surface area (Å²) in [4.78, 5) is 12.2. The van der Waals surface area contributed by atoms with E-state index in [1.165, 1.54) is 0 Å². The topological polar surface area (TPSA) is 82.8 Å². The molecular weight excluding hydrogens is 320 g/mol. The van der Waals surface area contributed by atoms with Gasteiger partial charge in [0.1, 0.15) is 12.4 Å². The van der Waals surface area contributed by atoms with Crippen LogP contribution in [0.25, 0.3) is 0 Å². The Morgan fingerprint density at radius 3 is 2.78 bits per heavy atom. The van der Waals surface area contributed by atoms with Gasteiger partial charge in [0, 0.05) is 26.9 Å². The summed E-state index contributed by atoms with van der Waals surface area (Å²) in [6.07, 6.45) is 1.11. The fraction of sp³-hybridized carbons (Fsp3) is 0.562. The Labute approximate surface area is 143 Å². The molecule has 0 saturated carbocycles. The van der Waals surface area contributed by atoms with Gasteiger partial charge in [-0.05, 0) is 30.5 Å². The number of benzene rings is 1. The molecule has 2 rings (SSSR count). The first-order valence-corrected chi connectivity index (χ1v) is 7.50. The van der Waals surface area contributed by atoms with Crippen LogP contribution in [0.15, 0.2) is 24.3 Å². The number of methoxy groups -OCH3 is 1. The van der Waals surface area contributed by atoms with E-state index < -0.39 is 5.54 Å². The van der Waals surface area contributed by atoms with E-state index in [4.69, 9.17) is 19.9 Å². The molecule has 1 aromatic rings. The van der Waals surface area contributed by atoms with Gasteiger partial charge in [-0.25, -0.2) is 0 Å². The van der Waals surface area contributed by atoms with Gasteiger partial charge in [0.25, 0.3) is 0 Å². The number of amides is 1. The van der Waals surface area contributed by atoms with E-state index in [0.717, 1.165) is 11.3 Å². The number of carbonyl (C=O) groups is 1. The van der Waals surface area contributed by atoms with Crippen molar-refractivity contribution in [3.8, 4) is 5.75 Å². The Hall–Kier alpha value is -1.34. The summed E-state index contributed by atoms with van der Waals surface area (Å²) in [5.41, 5.74) is 6.30. The van der Waals surface area contributed by atoms with Crippen LogP contribution in [0.4, 0.5) is 0 Å². The monoisotopic (exact) mass is 344 g/mol. The molecule has 0 spiro atoms. The first-order valence-electron chi connectivity index (χ1n) is 7.50. The number of carbonyl (C=O) groups excluding carboxylic acids is 1. The normalized spacial score (nSPS) is 16.3. The van der Waals surface area contributed by atoms with Crippen molar-refractivity contribution in [3.63, 3.8) is 0 Å². The number of ether oxygens (including phenoxy) is 3. The molecule has 0 aliphatic carbocycles. The highest BCUT2D eigenvalue weighted by Crippen LogP contribution is 2.18. The Morgan fingerprint density at radius 1 is 1.35 bits per heavy atom. The van der Waals surface area contributed by atoms with Crippen LogP contribution in [-0.4, -0.2) is 45.0 Å². The molecular formula is C16H25ClN2O4. The van der Waals surface area contributed by atoms with E-state index in [-0.39, 0.29) is 18.3 Å². The minimum Gasteiger partial charge on any atom is -0.491 e. The molecule has 23 heavy (non-hydrogen) atoms. The first kappa shape index (κ1) is 19.7. The van der Waals surface area contributed by atoms with Crippen LogP contribution < -0.4 is 15.8 Å². The van der Waals surface area contributed by atoms with E-state index in [9.17, 15) is 4.79 Å². The van der Waals surface area contributed by atoms with Crippen molar-refractivity contribution in [2.75, 3.05) is 33.5 Å². The van der Waals surface area contributed by atoms with Crippen LogP contribution in [0.1, 0.15) is 18.4 Å². The van der Waals surface area contributed by atoms with Crippen LogP contribution >= 0.6 is 12.4 Å². The molecule has 3 N–H and O–H groups in total. The predicted molar refractivity (Wildman–Crippen MR) is 89.9 cm³/mol. The summed E-state index contributed by atoms with van der Waals surface area (Å²) < 4.78 is 15.7. The largest absolute Gasteiger partial charge is 0.491 e. The van der Waals surface area contributed by atoms with Crippen molar-refractivity contribution < 1.29 is 19.0 Å². The highest BCUT2D eigenvalue weighted by molar-refractivity contribution is 5.86. The van der Waals surface area contributed by atoms with E-state index in [1.54, 1.807) is 7.11 Å². The number of nitrogens with one attached hydrogen (secondary N) is 1. The summed E-state index contributed by atoms with van der Waals surface area (Å²) in [5.74, 6) is 0.638. The van der Waals surface area contributed by atoms with Gasteiger partial charge in [0.05, 0.1) is 12.1 Å². The third-order valence-electron chi connectivity index (χ3n) is 3.74. The molecule has 1 heterocycles. The summed E-state index contributed by atoms with van der Waals surface area (Å²) in [6, 6.07) is 7.62. The molecule has 0 unspecified atom stereocenters. The number of nitrogens with two attached hydrogens (primary N) is 1. The zero-order chi connectivity index (χ0) is 15.8. The van der Waals surface area contributed by atoms with Crippen molar-refractivity contribution in [2.24, 2.45) is 5.73 Å². The molecule has 1 aromatic carbocycles. The first-order chi connectivity index (χ1) is 10.6. The lowest BCUT2D eigenvalue weighted by Crippen LogP contribution is -2.56. The molecule has 0 radical (unpaired) electrons. The maximum atomic E-state index is 12.2. The maximum absolute atomic E-state index is 12.2. The number of hydrogen-bond acceptors (Lipinski definition) is 5. The Bertz CT molecular complexity index is 493. The van der Waals surface area contributed by atoms with E-state index in [0.29, 0.717) is 45.8 Å². The second-order valence-electron chi connectivity index (χ2n) is 5.44. The van der Waals surface area contributed by atoms with Gasteiger partial charge in [0.15, 0.2) is 0 Å². The van der Waals surface area contributed by atoms with Crippen molar-refractivity contribution in [2.45, 2.75) is 24.9 Å². The fourth-order valence-electron chi connectivity index (χ4n) is 2.31. The van der Waals surface area contributed by atoms with Gasteiger partial charge in [0.2, 0.25) is 5.91 Å². The summed E-state index contributed by atoms with van der Waals surface area (Å²) in [7, 11) is 1.63. The Balaban J connectivity index is 0.00000264. The van der Waals surface area contributed by atoms with Crippen LogP contribution in [-0.2, 0) is 20.8 Å². The van der Waals surface area contributed by atoms with Crippen LogP contribution in [0.5, 0.6) is 5.75 Å². The standard InChI is InChI=1S/C16H24N2O4.ClH/c1-20-9-10-22-14-4-2-3-13(11-14)12-18-15(19)16(17)5-7-21-8-6-16;/h2-4,11H,5-10,12,17H2,1H3,(H,18,19);1H. The van der Waals surface area contributed by atoms with Crippen molar-refractivity contribution >= 4 is 18.3 Å².